The molecule has 0 spiro atoms. The van der Waals surface area contributed by atoms with Crippen LogP contribution in [0, 0.1) is 5.92 Å². The molecule has 0 saturated heterocycles. The number of thioether (sulfide) groups is 2. The molecule has 0 heterocycles. The minimum atomic E-state index is -0.132. The van der Waals surface area contributed by atoms with Gasteiger partial charge in [0.25, 0.3) is 0 Å². The molecule has 0 aliphatic rings. The molecule has 234 valence electrons. The Morgan fingerprint density at radius 1 is 0.814 bits per heavy atom. The zero-order chi connectivity index (χ0) is 31.8. The van der Waals surface area contributed by atoms with Crippen LogP contribution in [0.4, 0.5) is 17.1 Å². The van der Waals surface area contributed by atoms with Gasteiger partial charge in [0.2, 0.25) is 5.91 Å². The van der Waals surface area contributed by atoms with Crippen LogP contribution in [0.15, 0.2) is 71.6 Å². The lowest BCUT2D eigenvalue weighted by Gasteiger charge is -2.31. The van der Waals surface area contributed by atoms with Crippen molar-refractivity contribution in [2.24, 2.45) is 5.92 Å². The Hall–Kier alpha value is -2.57. The van der Waals surface area contributed by atoms with Crippen molar-refractivity contribution in [2.75, 3.05) is 27.5 Å². The molecule has 3 rings (SSSR count). The SMILES string of the molecule is CC(C)CC(C)N(C(=O)CCSCCSc1cc(C(C)(C)C)c(O)c(C(C)(C)C)c1)c1ccc(Nc2ccccc2)cc1. The van der Waals surface area contributed by atoms with Crippen molar-refractivity contribution in [3.63, 3.8) is 0 Å². The summed E-state index contributed by atoms with van der Waals surface area (Å²) in [6.07, 6.45) is 1.47. The molecule has 0 bridgehead atoms. The fourth-order valence-corrected chi connectivity index (χ4v) is 7.23. The topological polar surface area (TPSA) is 52.6 Å². The molecule has 4 nitrogen and oxygen atoms in total. The highest BCUT2D eigenvalue weighted by molar-refractivity contribution is 8.03. The molecule has 1 atom stereocenters. The molecule has 0 radical (unpaired) electrons. The number of phenolic OH excluding ortho intramolecular Hbond substituents is 1. The first-order valence-electron chi connectivity index (χ1n) is 15.5. The third-order valence-corrected chi connectivity index (χ3v) is 9.61. The molecule has 0 aliphatic heterocycles. The highest BCUT2D eigenvalue weighted by atomic mass is 32.2. The molecule has 3 aromatic rings. The van der Waals surface area contributed by atoms with Gasteiger partial charge < -0.3 is 15.3 Å². The van der Waals surface area contributed by atoms with Crippen LogP contribution in [0.2, 0.25) is 0 Å². The molecule has 1 unspecified atom stereocenters. The van der Waals surface area contributed by atoms with Crippen LogP contribution in [0.5, 0.6) is 5.75 Å². The number of amides is 1. The number of anilines is 3. The zero-order valence-corrected chi connectivity index (χ0v) is 29.3. The summed E-state index contributed by atoms with van der Waals surface area (Å²) >= 11 is 3.67. The zero-order valence-electron chi connectivity index (χ0n) is 27.7. The van der Waals surface area contributed by atoms with Gasteiger partial charge in [-0.15, -0.1) is 11.8 Å². The van der Waals surface area contributed by atoms with E-state index in [0.717, 1.165) is 51.9 Å². The monoisotopic (exact) mass is 620 g/mol. The van der Waals surface area contributed by atoms with Crippen molar-refractivity contribution >= 4 is 46.5 Å². The molecular formula is C37H52N2O2S2. The van der Waals surface area contributed by atoms with Crippen LogP contribution in [-0.4, -0.2) is 34.3 Å². The fourth-order valence-electron chi connectivity index (χ4n) is 5.26. The number of hydrogen-bond donors (Lipinski definition) is 2. The van der Waals surface area contributed by atoms with Gasteiger partial charge in [-0.1, -0.05) is 73.6 Å². The van der Waals surface area contributed by atoms with Gasteiger partial charge in [-0.3, -0.25) is 4.79 Å². The second kappa shape index (κ2) is 15.4. The van der Waals surface area contributed by atoms with Crippen LogP contribution in [-0.2, 0) is 15.6 Å². The highest BCUT2D eigenvalue weighted by Crippen LogP contribution is 2.42. The molecule has 6 heteroatoms. The van der Waals surface area contributed by atoms with Crippen molar-refractivity contribution in [2.45, 2.75) is 96.9 Å². The molecule has 0 fully saturated rings. The van der Waals surface area contributed by atoms with Crippen LogP contribution >= 0.6 is 23.5 Å². The van der Waals surface area contributed by atoms with E-state index in [1.54, 1.807) is 0 Å². The van der Waals surface area contributed by atoms with E-state index in [2.05, 4.69) is 104 Å². The normalized spacial score (nSPS) is 12.8. The van der Waals surface area contributed by atoms with Crippen LogP contribution in [0.25, 0.3) is 0 Å². The van der Waals surface area contributed by atoms with E-state index in [-0.39, 0.29) is 22.8 Å². The summed E-state index contributed by atoms with van der Waals surface area (Å²) in [6, 6.07) is 22.8. The van der Waals surface area contributed by atoms with Crippen molar-refractivity contribution in [1.82, 2.24) is 0 Å². The van der Waals surface area contributed by atoms with Gasteiger partial charge in [0.1, 0.15) is 5.75 Å². The summed E-state index contributed by atoms with van der Waals surface area (Å²) in [6.45, 7) is 19.5. The number of para-hydroxylation sites is 1. The molecule has 3 aromatic carbocycles. The lowest BCUT2D eigenvalue weighted by atomic mass is 9.79. The van der Waals surface area contributed by atoms with Gasteiger partial charge in [0.05, 0.1) is 0 Å². The first-order chi connectivity index (χ1) is 20.2. The number of hydrogen-bond acceptors (Lipinski definition) is 5. The number of benzene rings is 3. The summed E-state index contributed by atoms with van der Waals surface area (Å²) in [4.78, 5) is 16.8. The fraction of sp³-hybridized carbons (Fsp3) is 0.486. The highest BCUT2D eigenvalue weighted by Gasteiger charge is 2.27. The predicted molar refractivity (Wildman–Crippen MR) is 191 cm³/mol. The number of nitrogens with zero attached hydrogens (tertiary/aromatic N) is 1. The number of phenols is 1. The largest absolute Gasteiger partial charge is 0.507 e. The summed E-state index contributed by atoms with van der Waals surface area (Å²) < 4.78 is 0. The number of nitrogens with one attached hydrogen (secondary N) is 1. The Bertz CT molecular complexity index is 1270. The van der Waals surface area contributed by atoms with Gasteiger partial charge in [-0.2, -0.15) is 11.8 Å². The molecular weight excluding hydrogens is 569 g/mol. The van der Waals surface area contributed by atoms with E-state index >= 15 is 0 Å². The van der Waals surface area contributed by atoms with E-state index in [0.29, 0.717) is 18.1 Å². The van der Waals surface area contributed by atoms with E-state index in [4.69, 9.17) is 0 Å². The third kappa shape index (κ3) is 10.5. The molecule has 0 aliphatic carbocycles. The van der Waals surface area contributed by atoms with E-state index < -0.39 is 0 Å². The van der Waals surface area contributed by atoms with Crippen molar-refractivity contribution in [3.05, 3.63) is 77.9 Å². The van der Waals surface area contributed by atoms with Crippen molar-refractivity contribution in [1.29, 1.82) is 0 Å². The minimum absolute atomic E-state index is 0.129. The Morgan fingerprint density at radius 3 is 1.91 bits per heavy atom. The number of aromatic hydroxyl groups is 1. The average molecular weight is 621 g/mol. The first-order valence-corrected chi connectivity index (χ1v) is 17.6. The van der Waals surface area contributed by atoms with E-state index in [1.807, 2.05) is 58.8 Å². The van der Waals surface area contributed by atoms with Gasteiger partial charge in [0.15, 0.2) is 0 Å². The predicted octanol–water partition coefficient (Wildman–Crippen LogP) is 10.4. The standard InChI is InChI=1S/C37H52N2O2S2/c1-26(2)23-27(3)39(30-17-15-29(16-18-30)38-28-13-11-10-12-14-28)34(40)19-20-42-21-22-43-31-24-32(36(4,5)6)35(41)33(25-31)37(7,8)9/h10-18,24-27,38,41H,19-23H2,1-9H3. The average Bonchev–Trinajstić information content (AvgIpc) is 2.91. The Labute approximate surface area is 269 Å². The Morgan fingerprint density at radius 2 is 1.37 bits per heavy atom. The Balaban J connectivity index is 1.59. The minimum Gasteiger partial charge on any atom is -0.507 e. The van der Waals surface area contributed by atoms with Crippen molar-refractivity contribution in [3.8, 4) is 5.75 Å². The van der Waals surface area contributed by atoms with Crippen LogP contribution in [0.1, 0.15) is 86.3 Å². The first kappa shape index (κ1) is 34.9. The van der Waals surface area contributed by atoms with Gasteiger partial charge in [0, 0.05) is 62.8 Å². The summed E-state index contributed by atoms with van der Waals surface area (Å²) in [5, 5.41) is 14.4. The molecule has 43 heavy (non-hydrogen) atoms. The quantitative estimate of drug-likeness (QED) is 0.147. The second-order valence-corrected chi connectivity index (χ2v) is 16.3. The second-order valence-electron chi connectivity index (χ2n) is 13.9. The van der Waals surface area contributed by atoms with Gasteiger partial charge >= 0.3 is 0 Å². The molecule has 0 saturated carbocycles. The summed E-state index contributed by atoms with van der Waals surface area (Å²) in [5.74, 6) is 3.84. The summed E-state index contributed by atoms with van der Waals surface area (Å²) in [7, 11) is 0. The lowest BCUT2D eigenvalue weighted by Crippen LogP contribution is -2.39. The molecule has 2 N–H and O–H groups in total. The number of carbonyl (C=O) groups excluding carboxylic acids is 1. The maximum Gasteiger partial charge on any atom is 0.228 e. The van der Waals surface area contributed by atoms with Gasteiger partial charge in [-0.25, -0.2) is 0 Å². The third-order valence-electron chi connectivity index (χ3n) is 7.39. The number of carbonyl (C=O) groups is 1. The summed E-state index contributed by atoms with van der Waals surface area (Å²) in [5.41, 5.74) is 4.74. The van der Waals surface area contributed by atoms with Crippen LogP contribution in [0.3, 0.4) is 0 Å². The van der Waals surface area contributed by atoms with Crippen LogP contribution < -0.4 is 10.2 Å². The smallest absolute Gasteiger partial charge is 0.228 e. The maximum atomic E-state index is 13.6. The molecule has 1 amide bonds. The Kier molecular flexibility index (Phi) is 12.5. The van der Waals surface area contributed by atoms with Crippen molar-refractivity contribution < 1.29 is 9.90 Å². The van der Waals surface area contributed by atoms with Gasteiger partial charge in [-0.05, 0) is 78.6 Å². The van der Waals surface area contributed by atoms with E-state index in [1.165, 1.54) is 4.90 Å². The molecule has 0 aromatic heterocycles. The maximum absolute atomic E-state index is 13.6. The lowest BCUT2D eigenvalue weighted by molar-refractivity contribution is -0.118. The number of rotatable bonds is 13. The van der Waals surface area contributed by atoms with E-state index in [9.17, 15) is 9.90 Å².